The number of ether oxygens (including phenoxy) is 1. The van der Waals surface area contributed by atoms with Crippen LogP contribution in [0.2, 0.25) is 0 Å². The van der Waals surface area contributed by atoms with E-state index in [-0.39, 0.29) is 5.91 Å². The zero-order valence-corrected chi connectivity index (χ0v) is 12.4. The topological polar surface area (TPSA) is 77.2 Å². The Morgan fingerprint density at radius 2 is 2.00 bits per heavy atom. The minimum Gasteiger partial charge on any atom is -0.453 e. The van der Waals surface area contributed by atoms with Crippen LogP contribution in [0, 0.1) is 6.92 Å². The second-order valence-corrected chi connectivity index (χ2v) is 4.68. The number of benzene rings is 1. The normalized spacial score (nSPS) is 10.2. The van der Waals surface area contributed by atoms with Crippen LogP contribution in [-0.4, -0.2) is 17.9 Å². The number of nitrogens with one attached hydrogen (secondary N) is 1. The standard InChI is InChI=1S/C16H19N3O2/c1-4-13-15(7-5-10(2)19-13)21-14-8-6-11(9-12(14)17)16(20)18-3/h5-9H,4,17H2,1-3H3,(H,18,20). The molecular formula is C16H19N3O2. The van der Waals surface area contributed by atoms with Crippen LogP contribution in [0.3, 0.4) is 0 Å². The zero-order valence-electron chi connectivity index (χ0n) is 12.4. The van der Waals surface area contributed by atoms with E-state index in [1.165, 1.54) is 0 Å². The molecule has 3 N–H and O–H groups in total. The minimum absolute atomic E-state index is 0.181. The maximum absolute atomic E-state index is 11.6. The Morgan fingerprint density at radius 3 is 2.62 bits per heavy atom. The Balaban J connectivity index is 2.30. The molecule has 0 bridgehead atoms. The predicted octanol–water partition coefficient (Wildman–Crippen LogP) is 2.69. The van der Waals surface area contributed by atoms with E-state index < -0.39 is 0 Å². The predicted molar refractivity (Wildman–Crippen MR) is 82.7 cm³/mol. The molecule has 1 aromatic heterocycles. The number of hydrogen-bond acceptors (Lipinski definition) is 4. The van der Waals surface area contributed by atoms with E-state index in [1.54, 1.807) is 25.2 Å². The van der Waals surface area contributed by atoms with Crippen molar-refractivity contribution in [3.05, 3.63) is 47.3 Å². The van der Waals surface area contributed by atoms with Crippen molar-refractivity contribution in [3.8, 4) is 11.5 Å². The van der Waals surface area contributed by atoms with Crippen molar-refractivity contribution in [3.63, 3.8) is 0 Å². The molecule has 5 nitrogen and oxygen atoms in total. The molecule has 0 aliphatic heterocycles. The van der Waals surface area contributed by atoms with E-state index in [1.807, 2.05) is 26.0 Å². The van der Waals surface area contributed by atoms with Gasteiger partial charge < -0.3 is 15.8 Å². The molecule has 0 spiro atoms. The van der Waals surface area contributed by atoms with E-state index >= 15 is 0 Å². The summed E-state index contributed by atoms with van der Waals surface area (Å²) in [6.07, 6.45) is 0.771. The SMILES string of the molecule is CCc1nc(C)ccc1Oc1ccc(C(=O)NC)cc1N. The summed E-state index contributed by atoms with van der Waals surface area (Å²) in [6, 6.07) is 8.75. The third-order valence-corrected chi connectivity index (χ3v) is 3.13. The Morgan fingerprint density at radius 1 is 1.29 bits per heavy atom. The monoisotopic (exact) mass is 285 g/mol. The van der Waals surface area contributed by atoms with Crippen LogP contribution in [0.5, 0.6) is 11.5 Å². The Labute approximate surface area is 124 Å². The quantitative estimate of drug-likeness (QED) is 0.847. The van der Waals surface area contributed by atoms with Gasteiger partial charge in [-0.25, -0.2) is 0 Å². The first-order valence-electron chi connectivity index (χ1n) is 6.81. The summed E-state index contributed by atoms with van der Waals surface area (Å²) in [4.78, 5) is 16.0. The molecule has 0 atom stereocenters. The molecule has 0 unspecified atom stereocenters. The van der Waals surface area contributed by atoms with Gasteiger partial charge in [0.1, 0.15) is 11.5 Å². The fraction of sp³-hybridized carbons (Fsp3) is 0.250. The molecule has 1 amide bonds. The van der Waals surface area contributed by atoms with Crippen molar-refractivity contribution in [2.45, 2.75) is 20.3 Å². The van der Waals surface area contributed by atoms with Crippen molar-refractivity contribution >= 4 is 11.6 Å². The summed E-state index contributed by atoms with van der Waals surface area (Å²) in [5, 5.41) is 2.56. The highest BCUT2D eigenvalue weighted by Gasteiger charge is 2.10. The first kappa shape index (κ1) is 14.8. The lowest BCUT2D eigenvalue weighted by Gasteiger charge is -2.12. The second-order valence-electron chi connectivity index (χ2n) is 4.68. The van der Waals surface area contributed by atoms with Crippen molar-refractivity contribution in [2.75, 3.05) is 12.8 Å². The fourth-order valence-electron chi connectivity index (χ4n) is 1.99. The van der Waals surface area contributed by atoms with Gasteiger partial charge in [0.25, 0.3) is 5.91 Å². The molecule has 0 aliphatic carbocycles. The van der Waals surface area contributed by atoms with Gasteiger partial charge in [0.15, 0.2) is 0 Å². The largest absolute Gasteiger partial charge is 0.453 e. The van der Waals surface area contributed by atoms with Gasteiger partial charge in [-0.05, 0) is 43.7 Å². The summed E-state index contributed by atoms with van der Waals surface area (Å²) in [7, 11) is 1.58. The number of pyridine rings is 1. The Kier molecular flexibility index (Phi) is 4.42. The summed E-state index contributed by atoms with van der Waals surface area (Å²) >= 11 is 0. The first-order valence-corrected chi connectivity index (χ1v) is 6.81. The van der Waals surface area contributed by atoms with Crippen LogP contribution < -0.4 is 15.8 Å². The number of amides is 1. The molecular weight excluding hydrogens is 266 g/mol. The van der Waals surface area contributed by atoms with Crippen molar-refractivity contribution < 1.29 is 9.53 Å². The first-order chi connectivity index (χ1) is 10.0. The van der Waals surface area contributed by atoms with Gasteiger partial charge in [-0.1, -0.05) is 6.92 Å². The molecule has 0 fully saturated rings. The number of rotatable bonds is 4. The Bertz CT molecular complexity index is 669. The number of aryl methyl sites for hydroxylation is 2. The van der Waals surface area contributed by atoms with Crippen molar-refractivity contribution in [2.24, 2.45) is 0 Å². The molecule has 110 valence electrons. The summed E-state index contributed by atoms with van der Waals surface area (Å²) in [5.41, 5.74) is 8.70. The molecule has 0 saturated heterocycles. The van der Waals surface area contributed by atoms with Gasteiger partial charge in [0.2, 0.25) is 0 Å². The second kappa shape index (κ2) is 6.26. The number of hydrogen-bond donors (Lipinski definition) is 2. The molecule has 0 saturated carbocycles. The van der Waals surface area contributed by atoms with Crippen LogP contribution in [-0.2, 0) is 6.42 Å². The molecule has 5 heteroatoms. The average molecular weight is 285 g/mol. The van der Waals surface area contributed by atoms with E-state index in [4.69, 9.17) is 10.5 Å². The van der Waals surface area contributed by atoms with Crippen molar-refractivity contribution in [1.82, 2.24) is 10.3 Å². The number of carbonyl (C=O) groups is 1. The highest BCUT2D eigenvalue weighted by atomic mass is 16.5. The molecule has 2 rings (SSSR count). The lowest BCUT2D eigenvalue weighted by Crippen LogP contribution is -2.17. The van der Waals surface area contributed by atoms with Crippen LogP contribution in [0.25, 0.3) is 0 Å². The maximum atomic E-state index is 11.6. The van der Waals surface area contributed by atoms with Gasteiger partial charge in [-0.15, -0.1) is 0 Å². The summed E-state index contributed by atoms with van der Waals surface area (Å²) in [6.45, 7) is 3.96. The molecule has 2 aromatic rings. The highest BCUT2D eigenvalue weighted by molar-refractivity contribution is 5.95. The lowest BCUT2D eigenvalue weighted by atomic mass is 10.1. The Hall–Kier alpha value is -2.56. The maximum Gasteiger partial charge on any atom is 0.251 e. The number of carbonyl (C=O) groups excluding carboxylic acids is 1. The van der Waals surface area contributed by atoms with Crippen molar-refractivity contribution in [1.29, 1.82) is 0 Å². The number of nitrogens with zero attached hydrogens (tertiary/aromatic N) is 1. The molecule has 0 aliphatic rings. The molecule has 1 heterocycles. The smallest absolute Gasteiger partial charge is 0.251 e. The highest BCUT2D eigenvalue weighted by Crippen LogP contribution is 2.30. The van der Waals surface area contributed by atoms with Gasteiger partial charge in [0, 0.05) is 18.3 Å². The van der Waals surface area contributed by atoms with Gasteiger partial charge in [0.05, 0.1) is 11.4 Å². The van der Waals surface area contributed by atoms with Crippen LogP contribution >= 0.6 is 0 Å². The van der Waals surface area contributed by atoms with Gasteiger partial charge in [-0.2, -0.15) is 0 Å². The van der Waals surface area contributed by atoms with Gasteiger partial charge >= 0.3 is 0 Å². The third kappa shape index (κ3) is 3.31. The molecule has 0 radical (unpaired) electrons. The summed E-state index contributed by atoms with van der Waals surface area (Å²) < 4.78 is 5.84. The average Bonchev–Trinajstić information content (AvgIpc) is 2.49. The van der Waals surface area contributed by atoms with E-state index in [0.717, 1.165) is 17.8 Å². The number of anilines is 1. The number of aromatic nitrogens is 1. The van der Waals surface area contributed by atoms with E-state index in [0.29, 0.717) is 22.7 Å². The summed E-state index contributed by atoms with van der Waals surface area (Å²) in [5.74, 6) is 1.02. The number of nitrogen functional groups attached to an aromatic ring is 1. The fourth-order valence-corrected chi connectivity index (χ4v) is 1.99. The lowest BCUT2D eigenvalue weighted by molar-refractivity contribution is 0.0963. The zero-order chi connectivity index (χ0) is 15.4. The van der Waals surface area contributed by atoms with Gasteiger partial charge in [-0.3, -0.25) is 9.78 Å². The number of nitrogens with two attached hydrogens (primary N) is 1. The van der Waals surface area contributed by atoms with E-state index in [2.05, 4.69) is 10.3 Å². The molecule has 21 heavy (non-hydrogen) atoms. The minimum atomic E-state index is -0.181. The molecule has 1 aromatic carbocycles. The van der Waals surface area contributed by atoms with Crippen LogP contribution in [0.1, 0.15) is 28.7 Å². The van der Waals surface area contributed by atoms with Crippen LogP contribution in [0.15, 0.2) is 30.3 Å². The van der Waals surface area contributed by atoms with E-state index in [9.17, 15) is 4.79 Å². The van der Waals surface area contributed by atoms with Crippen LogP contribution in [0.4, 0.5) is 5.69 Å². The third-order valence-electron chi connectivity index (χ3n) is 3.13.